The summed E-state index contributed by atoms with van der Waals surface area (Å²) in [6.45, 7) is 11.2. The van der Waals surface area contributed by atoms with E-state index < -0.39 is 10.1 Å². The van der Waals surface area contributed by atoms with E-state index in [2.05, 4.69) is 32.6 Å². The molecule has 3 fully saturated rings. The minimum atomic E-state index is -3.69. The van der Waals surface area contributed by atoms with Gasteiger partial charge in [0.05, 0.1) is 17.6 Å². The fraction of sp³-hybridized carbons (Fsp3) is 0.613. The number of hydrogen-bond donors (Lipinski definition) is 1. The Morgan fingerprint density at radius 1 is 1.17 bits per heavy atom. The van der Waals surface area contributed by atoms with E-state index in [1.165, 1.54) is 43.3 Å². The molecule has 5 atom stereocenters. The third kappa shape index (κ3) is 6.06. The fourth-order valence-corrected chi connectivity index (χ4v) is 8.10. The molecule has 1 aromatic rings. The summed E-state index contributed by atoms with van der Waals surface area (Å²) in [6.07, 6.45) is 14.7. The number of benzene rings is 1. The van der Waals surface area contributed by atoms with Crippen LogP contribution in [0.15, 0.2) is 64.6 Å². The second kappa shape index (κ2) is 11.4. The smallest absolute Gasteiger partial charge is 0.296 e. The zero-order chi connectivity index (χ0) is 25.9. The minimum absolute atomic E-state index is 0.232. The van der Waals surface area contributed by atoms with Gasteiger partial charge in [-0.25, -0.2) is 0 Å². The highest BCUT2D eigenvalue weighted by Crippen LogP contribution is 2.59. The molecule has 0 aliphatic heterocycles. The van der Waals surface area contributed by atoms with Crippen LogP contribution in [-0.4, -0.2) is 26.2 Å². The number of aliphatic hydroxyl groups is 1. The van der Waals surface area contributed by atoms with Crippen molar-refractivity contribution in [2.24, 2.45) is 23.2 Å². The Morgan fingerprint density at radius 2 is 1.92 bits per heavy atom. The normalized spacial score (nSPS) is 32.1. The molecule has 3 aliphatic carbocycles. The lowest BCUT2D eigenvalue weighted by Crippen LogP contribution is -2.36. The molecular formula is C31H44O4S. The molecule has 0 aromatic heterocycles. The summed E-state index contributed by atoms with van der Waals surface area (Å²) in [4.78, 5) is 0.232. The number of aliphatic hydroxyl groups excluding tert-OH is 1. The average molecular weight is 513 g/mol. The maximum Gasteiger partial charge on any atom is 0.296 e. The van der Waals surface area contributed by atoms with Gasteiger partial charge in [0, 0.05) is 0 Å². The van der Waals surface area contributed by atoms with Crippen molar-refractivity contribution in [1.82, 2.24) is 0 Å². The molecule has 0 amide bonds. The van der Waals surface area contributed by atoms with E-state index in [1.54, 1.807) is 29.8 Å². The summed E-state index contributed by atoms with van der Waals surface area (Å²) in [7, 11) is -3.69. The van der Waals surface area contributed by atoms with Crippen LogP contribution in [0.25, 0.3) is 0 Å². The van der Waals surface area contributed by atoms with E-state index in [-0.39, 0.29) is 17.6 Å². The second-order valence-corrected chi connectivity index (χ2v) is 13.4. The highest BCUT2D eigenvalue weighted by Gasteiger charge is 2.50. The first-order valence-corrected chi connectivity index (χ1v) is 15.2. The van der Waals surface area contributed by atoms with Crippen molar-refractivity contribution in [2.75, 3.05) is 6.61 Å². The highest BCUT2D eigenvalue weighted by atomic mass is 32.2. The van der Waals surface area contributed by atoms with Crippen molar-refractivity contribution in [3.63, 3.8) is 0 Å². The summed E-state index contributed by atoms with van der Waals surface area (Å²) in [5, 5.41) is 10.1. The average Bonchev–Trinajstić information content (AvgIpc) is 3.20. The van der Waals surface area contributed by atoms with Gasteiger partial charge in [0.1, 0.15) is 0 Å². The van der Waals surface area contributed by atoms with Gasteiger partial charge in [-0.2, -0.15) is 8.42 Å². The lowest BCUT2D eigenvalue weighted by Gasteiger charge is -2.44. The first-order valence-electron chi connectivity index (χ1n) is 13.8. The number of hydrogen-bond acceptors (Lipinski definition) is 4. The van der Waals surface area contributed by atoms with Crippen LogP contribution in [0.1, 0.15) is 83.6 Å². The van der Waals surface area contributed by atoms with Gasteiger partial charge in [-0.15, -0.1) is 0 Å². The first-order chi connectivity index (χ1) is 17.1. The van der Waals surface area contributed by atoms with Gasteiger partial charge in [0.2, 0.25) is 0 Å². The molecule has 4 nitrogen and oxygen atoms in total. The van der Waals surface area contributed by atoms with Crippen LogP contribution in [0.3, 0.4) is 0 Å². The lowest BCUT2D eigenvalue weighted by molar-refractivity contribution is 0.0916. The van der Waals surface area contributed by atoms with Crippen molar-refractivity contribution in [2.45, 2.75) is 96.0 Å². The topological polar surface area (TPSA) is 63.6 Å². The van der Waals surface area contributed by atoms with E-state index in [0.29, 0.717) is 23.2 Å². The molecule has 3 saturated carbocycles. The van der Waals surface area contributed by atoms with Crippen molar-refractivity contribution < 1.29 is 17.7 Å². The summed E-state index contributed by atoms with van der Waals surface area (Å²) >= 11 is 0. The zero-order valence-corrected chi connectivity index (χ0v) is 23.2. The van der Waals surface area contributed by atoms with Gasteiger partial charge in [0.25, 0.3) is 10.1 Å². The fourth-order valence-electron chi connectivity index (χ4n) is 7.16. The summed E-state index contributed by atoms with van der Waals surface area (Å²) in [6, 6.07) is 6.83. The SMILES string of the molecule is C=C1CC[C@H](O)C/C1=C/C=C1/CCC[C@]2(C)[C@@H]([C@H](C)CCCOS(=O)(=O)c3ccc(C)cc3)CC[C@@H]12. The van der Waals surface area contributed by atoms with Crippen LogP contribution in [0, 0.1) is 30.1 Å². The predicted molar refractivity (Wildman–Crippen MR) is 146 cm³/mol. The first kappa shape index (κ1) is 27.3. The van der Waals surface area contributed by atoms with Crippen molar-refractivity contribution in [1.29, 1.82) is 0 Å². The Kier molecular flexibility index (Phi) is 8.63. The van der Waals surface area contributed by atoms with Gasteiger partial charge >= 0.3 is 0 Å². The van der Waals surface area contributed by atoms with Crippen LogP contribution >= 0.6 is 0 Å². The second-order valence-electron chi connectivity index (χ2n) is 11.7. The molecule has 1 aromatic carbocycles. The molecule has 3 aliphatic rings. The molecule has 0 saturated heterocycles. The molecule has 5 heteroatoms. The van der Waals surface area contributed by atoms with Crippen molar-refractivity contribution in [3.05, 3.63) is 65.3 Å². The van der Waals surface area contributed by atoms with E-state index in [9.17, 15) is 13.5 Å². The third-order valence-electron chi connectivity index (χ3n) is 9.26. The zero-order valence-electron chi connectivity index (χ0n) is 22.3. The van der Waals surface area contributed by atoms with Crippen LogP contribution in [-0.2, 0) is 14.3 Å². The monoisotopic (exact) mass is 512 g/mol. The van der Waals surface area contributed by atoms with Crippen molar-refractivity contribution in [3.8, 4) is 0 Å². The van der Waals surface area contributed by atoms with Gasteiger partial charge < -0.3 is 5.11 Å². The quantitative estimate of drug-likeness (QED) is 0.293. The molecule has 4 rings (SSSR count). The van der Waals surface area contributed by atoms with Gasteiger partial charge in [-0.1, -0.05) is 61.4 Å². The maximum absolute atomic E-state index is 12.5. The standard InChI is InChI=1S/C31H44O4S/c1-22-9-15-28(16-10-22)36(33,34)35-20-6-7-24(3)29-17-18-30-25(8-5-19-31(29,30)4)12-13-26-21-27(32)14-11-23(26)2/h9-10,12-13,15-16,24,27,29-30,32H,2,5-8,11,14,17-21H2,1,3-4H3/b25-12-,26-13-/t24-,27+,29-,30+,31-/m1/s1. The summed E-state index contributed by atoms with van der Waals surface area (Å²) in [5.74, 6) is 1.81. The van der Waals surface area contributed by atoms with Crippen molar-refractivity contribution >= 4 is 10.1 Å². The van der Waals surface area contributed by atoms with Crippen LogP contribution in [0.5, 0.6) is 0 Å². The lowest BCUT2D eigenvalue weighted by atomic mass is 9.60. The number of rotatable bonds is 8. The summed E-state index contributed by atoms with van der Waals surface area (Å²) < 4.78 is 30.3. The number of allylic oxidation sites excluding steroid dienone is 4. The van der Waals surface area contributed by atoms with Gasteiger partial charge in [0.15, 0.2) is 0 Å². The van der Waals surface area contributed by atoms with E-state index >= 15 is 0 Å². The molecule has 0 unspecified atom stereocenters. The molecule has 36 heavy (non-hydrogen) atoms. The largest absolute Gasteiger partial charge is 0.393 e. The Bertz CT molecular complexity index is 1100. The van der Waals surface area contributed by atoms with Crippen LogP contribution in [0.2, 0.25) is 0 Å². The number of aryl methyl sites for hydroxylation is 1. The van der Waals surface area contributed by atoms with E-state index in [0.717, 1.165) is 37.7 Å². The van der Waals surface area contributed by atoms with E-state index in [1.807, 2.05) is 6.92 Å². The minimum Gasteiger partial charge on any atom is -0.393 e. The third-order valence-corrected chi connectivity index (χ3v) is 10.6. The molecule has 1 N–H and O–H groups in total. The predicted octanol–water partition coefficient (Wildman–Crippen LogP) is 7.29. The molecule has 0 heterocycles. The number of fused-ring (bicyclic) bond motifs is 1. The maximum atomic E-state index is 12.5. The van der Waals surface area contributed by atoms with Crippen LogP contribution in [0.4, 0.5) is 0 Å². The molecule has 0 spiro atoms. The van der Waals surface area contributed by atoms with Gasteiger partial charge in [-0.3, -0.25) is 4.18 Å². The Labute approximate surface area is 218 Å². The van der Waals surface area contributed by atoms with E-state index in [4.69, 9.17) is 4.18 Å². The summed E-state index contributed by atoms with van der Waals surface area (Å²) in [5.41, 5.74) is 5.31. The Balaban J connectivity index is 1.34. The highest BCUT2D eigenvalue weighted by molar-refractivity contribution is 7.86. The molecule has 0 bridgehead atoms. The Morgan fingerprint density at radius 3 is 2.67 bits per heavy atom. The van der Waals surface area contributed by atoms with Crippen LogP contribution < -0.4 is 0 Å². The molecule has 0 radical (unpaired) electrons. The Hall–Kier alpha value is -1.69. The molecule has 198 valence electrons. The van der Waals surface area contributed by atoms with Gasteiger partial charge in [-0.05, 0) is 112 Å². The molecular weight excluding hydrogens is 468 g/mol.